The van der Waals surface area contributed by atoms with Gasteiger partial charge in [-0.3, -0.25) is 8.89 Å². The van der Waals surface area contributed by atoms with Gasteiger partial charge in [-0.15, -0.1) is 0 Å². The first-order chi connectivity index (χ1) is 8.06. The maximum Gasteiger partial charge on any atom is 0.0655 e. The first-order valence-electron chi connectivity index (χ1n) is 6.23. The normalized spacial score (nSPS) is 14.8. The summed E-state index contributed by atoms with van der Waals surface area (Å²) in [7, 11) is -0.833. The smallest absolute Gasteiger partial charge is 0.0655 e. The lowest BCUT2D eigenvalue weighted by atomic mass is 10.3. The standard InChI is InChI=1S/C12H23N3OS/c1-4-11-8-12(15(5-2)14-11)9-17(16)7-6-10(3)13/h8,10H,4-7,9,13H2,1-3H3. The van der Waals surface area contributed by atoms with Gasteiger partial charge in [-0.1, -0.05) is 6.92 Å². The molecule has 98 valence electrons. The number of aromatic nitrogens is 2. The number of hydrogen-bond donors (Lipinski definition) is 1. The third-order valence-electron chi connectivity index (χ3n) is 2.69. The predicted octanol–water partition coefficient (Wildman–Crippen LogP) is 1.45. The summed E-state index contributed by atoms with van der Waals surface area (Å²) in [5.74, 6) is 1.27. The van der Waals surface area contributed by atoms with Crippen molar-refractivity contribution in [3.63, 3.8) is 0 Å². The molecule has 4 nitrogen and oxygen atoms in total. The van der Waals surface area contributed by atoms with Gasteiger partial charge in [-0.2, -0.15) is 5.10 Å². The van der Waals surface area contributed by atoms with E-state index in [1.54, 1.807) is 0 Å². The highest BCUT2D eigenvalue weighted by atomic mass is 32.2. The van der Waals surface area contributed by atoms with E-state index in [1.807, 2.05) is 11.6 Å². The van der Waals surface area contributed by atoms with E-state index in [4.69, 9.17) is 5.73 Å². The second kappa shape index (κ2) is 6.91. The zero-order chi connectivity index (χ0) is 12.8. The lowest BCUT2D eigenvalue weighted by molar-refractivity contribution is 0.622. The van der Waals surface area contributed by atoms with E-state index in [0.717, 1.165) is 30.8 Å². The predicted molar refractivity (Wildman–Crippen MR) is 72.3 cm³/mol. The molecular formula is C12H23N3OS. The molecule has 5 heteroatoms. The largest absolute Gasteiger partial charge is 0.328 e. The summed E-state index contributed by atoms with van der Waals surface area (Å²) in [6.45, 7) is 6.92. The second-order valence-electron chi connectivity index (χ2n) is 4.35. The Morgan fingerprint density at radius 1 is 1.53 bits per heavy atom. The Balaban J connectivity index is 2.60. The molecule has 1 rings (SSSR count). The average molecular weight is 257 g/mol. The van der Waals surface area contributed by atoms with Crippen LogP contribution < -0.4 is 5.73 Å². The van der Waals surface area contributed by atoms with E-state index in [-0.39, 0.29) is 6.04 Å². The average Bonchev–Trinajstić information content (AvgIpc) is 2.68. The molecule has 0 saturated heterocycles. The quantitative estimate of drug-likeness (QED) is 0.804. The molecule has 17 heavy (non-hydrogen) atoms. The number of aryl methyl sites for hydroxylation is 2. The van der Waals surface area contributed by atoms with E-state index in [2.05, 4.69) is 25.0 Å². The van der Waals surface area contributed by atoms with E-state index < -0.39 is 10.8 Å². The van der Waals surface area contributed by atoms with Crippen LogP contribution in [0.1, 0.15) is 38.6 Å². The first kappa shape index (κ1) is 14.4. The van der Waals surface area contributed by atoms with E-state index in [9.17, 15) is 4.21 Å². The van der Waals surface area contributed by atoms with Crippen LogP contribution in [-0.2, 0) is 29.5 Å². The Bertz CT molecular complexity index is 374. The van der Waals surface area contributed by atoms with Crippen molar-refractivity contribution >= 4 is 10.8 Å². The highest BCUT2D eigenvalue weighted by molar-refractivity contribution is 7.84. The summed E-state index contributed by atoms with van der Waals surface area (Å²) >= 11 is 0. The molecule has 0 radical (unpaired) electrons. The molecule has 2 N–H and O–H groups in total. The molecule has 0 aromatic carbocycles. The van der Waals surface area contributed by atoms with Crippen LogP contribution in [0.5, 0.6) is 0 Å². The number of nitrogens with zero attached hydrogens (tertiary/aromatic N) is 2. The summed E-state index contributed by atoms with van der Waals surface area (Å²) in [5, 5.41) is 4.45. The van der Waals surface area contributed by atoms with Crippen molar-refractivity contribution in [1.82, 2.24) is 9.78 Å². The fraction of sp³-hybridized carbons (Fsp3) is 0.750. The first-order valence-corrected chi connectivity index (χ1v) is 7.71. The minimum Gasteiger partial charge on any atom is -0.328 e. The van der Waals surface area contributed by atoms with Crippen molar-refractivity contribution in [3.8, 4) is 0 Å². The molecule has 2 unspecified atom stereocenters. The second-order valence-corrected chi connectivity index (χ2v) is 5.93. The third kappa shape index (κ3) is 4.60. The van der Waals surface area contributed by atoms with Gasteiger partial charge in [0.25, 0.3) is 0 Å². The molecule has 1 aromatic rings. The number of hydrogen-bond acceptors (Lipinski definition) is 3. The molecule has 2 atom stereocenters. The van der Waals surface area contributed by atoms with Gasteiger partial charge in [0.15, 0.2) is 0 Å². The lowest BCUT2D eigenvalue weighted by Gasteiger charge is -2.06. The van der Waals surface area contributed by atoms with E-state index in [0.29, 0.717) is 11.5 Å². The van der Waals surface area contributed by atoms with Gasteiger partial charge in [0.2, 0.25) is 0 Å². The van der Waals surface area contributed by atoms with Crippen molar-refractivity contribution in [3.05, 3.63) is 17.5 Å². The summed E-state index contributed by atoms with van der Waals surface area (Å²) in [6, 6.07) is 2.19. The van der Waals surface area contributed by atoms with Crippen molar-refractivity contribution in [2.75, 3.05) is 5.75 Å². The fourth-order valence-corrected chi connectivity index (χ4v) is 2.97. The summed E-state index contributed by atoms with van der Waals surface area (Å²) in [5.41, 5.74) is 7.82. The SMILES string of the molecule is CCc1cc(CS(=O)CCC(C)N)n(CC)n1. The summed E-state index contributed by atoms with van der Waals surface area (Å²) in [4.78, 5) is 0. The van der Waals surface area contributed by atoms with Crippen molar-refractivity contribution < 1.29 is 4.21 Å². The molecule has 0 aliphatic heterocycles. The summed E-state index contributed by atoms with van der Waals surface area (Å²) in [6.07, 6.45) is 1.74. The molecule has 0 amide bonds. The zero-order valence-corrected chi connectivity index (χ0v) is 11.8. The molecule has 0 bridgehead atoms. The van der Waals surface area contributed by atoms with Crippen molar-refractivity contribution in [2.24, 2.45) is 5.73 Å². The lowest BCUT2D eigenvalue weighted by Crippen LogP contribution is -2.18. The molecule has 0 saturated carbocycles. The van der Waals surface area contributed by atoms with Gasteiger partial charge in [0, 0.05) is 29.1 Å². The van der Waals surface area contributed by atoms with Gasteiger partial charge < -0.3 is 5.73 Å². The Labute approximate surface area is 106 Å². The van der Waals surface area contributed by atoms with Gasteiger partial charge in [0.1, 0.15) is 0 Å². The minimum atomic E-state index is -0.833. The molecule has 0 aliphatic carbocycles. The summed E-state index contributed by atoms with van der Waals surface area (Å²) < 4.78 is 13.8. The topological polar surface area (TPSA) is 60.9 Å². The van der Waals surface area contributed by atoms with Crippen molar-refractivity contribution in [2.45, 2.75) is 52.0 Å². The van der Waals surface area contributed by atoms with Crippen LogP contribution >= 0.6 is 0 Å². The van der Waals surface area contributed by atoms with Crippen LogP contribution in [0.3, 0.4) is 0 Å². The Morgan fingerprint density at radius 2 is 2.24 bits per heavy atom. The van der Waals surface area contributed by atoms with Crippen LogP contribution in [0, 0.1) is 0 Å². The van der Waals surface area contributed by atoms with Gasteiger partial charge >= 0.3 is 0 Å². The molecule has 0 spiro atoms. The molecule has 1 aromatic heterocycles. The Hall–Kier alpha value is -0.680. The molecule has 0 aliphatic rings. The highest BCUT2D eigenvalue weighted by Gasteiger charge is 2.10. The van der Waals surface area contributed by atoms with Crippen LogP contribution in [0.15, 0.2) is 6.07 Å². The van der Waals surface area contributed by atoms with Gasteiger partial charge in [0.05, 0.1) is 17.1 Å². The fourth-order valence-electron chi connectivity index (χ4n) is 1.63. The maximum atomic E-state index is 11.9. The molecule has 0 fully saturated rings. The van der Waals surface area contributed by atoms with Crippen molar-refractivity contribution in [1.29, 1.82) is 0 Å². The van der Waals surface area contributed by atoms with Crippen LogP contribution in [-0.4, -0.2) is 25.8 Å². The third-order valence-corrected chi connectivity index (χ3v) is 3.99. The highest BCUT2D eigenvalue weighted by Crippen LogP contribution is 2.09. The maximum absolute atomic E-state index is 11.9. The van der Waals surface area contributed by atoms with Crippen LogP contribution in [0.25, 0.3) is 0 Å². The molecular weight excluding hydrogens is 234 g/mol. The number of nitrogens with two attached hydrogens (primary N) is 1. The van der Waals surface area contributed by atoms with Crippen LogP contribution in [0.2, 0.25) is 0 Å². The van der Waals surface area contributed by atoms with Gasteiger partial charge in [-0.05, 0) is 32.8 Å². The van der Waals surface area contributed by atoms with E-state index >= 15 is 0 Å². The van der Waals surface area contributed by atoms with E-state index in [1.165, 1.54) is 0 Å². The Kier molecular flexibility index (Phi) is 5.85. The molecule has 1 heterocycles. The zero-order valence-electron chi connectivity index (χ0n) is 11.0. The van der Waals surface area contributed by atoms with Gasteiger partial charge in [-0.25, -0.2) is 0 Å². The van der Waals surface area contributed by atoms with Crippen LogP contribution in [0.4, 0.5) is 0 Å². The Morgan fingerprint density at radius 3 is 2.76 bits per heavy atom. The number of rotatable bonds is 7. The minimum absolute atomic E-state index is 0.126. The monoisotopic (exact) mass is 257 g/mol.